The fourth-order valence-electron chi connectivity index (χ4n) is 3.17. The van der Waals surface area contributed by atoms with Crippen molar-refractivity contribution in [3.05, 3.63) is 69.8 Å². The molecule has 0 saturated heterocycles. The van der Waals surface area contributed by atoms with E-state index in [2.05, 4.69) is 0 Å². The van der Waals surface area contributed by atoms with Crippen molar-refractivity contribution in [1.82, 2.24) is 4.31 Å². The average Bonchev–Trinajstić information content (AvgIpc) is 2.61. The number of hydrogen-bond donors (Lipinski definition) is 1. The van der Waals surface area contributed by atoms with Crippen LogP contribution in [0.2, 0.25) is 0 Å². The Labute approximate surface area is 149 Å². The van der Waals surface area contributed by atoms with Crippen LogP contribution in [0.1, 0.15) is 23.6 Å². The van der Waals surface area contributed by atoms with Crippen molar-refractivity contribution in [2.75, 3.05) is 6.54 Å². The highest BCUT2D eigenvalue weighted by molar-refractivity contribution is 7.89. The van der Waals surface area contributed by atoms with E-state index in [4.69, 9.17) is 0 Å². The summed E-state index contributed by atoms with van der Waals surface area (Å²) in [6, 6.07) is 10.9. The second kappa shape index (κ2) is 6.85. The highest BCUT2D eigenvalue weighted by atomic mass is 32.2. The molecule has 1 aliphatic rings. The lowest BCUT2D eigenvalue weighted by Crippen LogP contribution is -2.40. The van der Waals surface area contributed by atoms with E-state index in [1.165, 1.54) is 16.4 Å². The molecule has 3 rings (SSSR count). The zero-order chi connectivity index (χ0) is 18.9. The van der Waals surface area contributed by atoms with E-state index in [0.29, 0.717) is 12.0 Å². The van der Waals surface area contributed by atoms with Gasteiger partial charge in [0.05, 0.1) is 22.3 Å². The van der Waals surface area contributed by atoms with Crippen molar-refractivity contribution >= 4 is 21.7 Å². The third kappa shape index (κ3) is 3.31. The van der Waals surface area contributed by atoms with Gasteiger partial charge in [-0.1, -0.05) is 24.3 Å². The van der Waals surface area contributed by atoms with Gasteiger partial charge in [-0.15, -0.1) is 0 Å². The normalized spacial score (nSPS) is 17.5. The number of carboxylic acid groups (broad SMARTS) is 1. The Kier molecular flexibility index (Phi) is 4.75. The highest BCUT2D eigenvalue weighted by Gasteiger charge is 2.37. The van der Waals surface area contributed by atoms with E-state index >= 15 is 0 Å². The van der Waals surface area contributed by atoms with Crippen LogP contribution in [-0.4, -0.2) is 35.3 Å². The molecule has 26 heavy (non-hydrogen) atoms. The van der Waals surface area contributed by atoms with Crippen LogP contribution in [0.15, 0.2) is 53.4 Å². The number of nitrogens with zero attached hydrogens (tertiary/aromatic N) is 2. The Bertz CT molecular complexity index is 955. The van der Waals surface area contributed by atoms with Gasteiger partial charge in [0.15, 0.2) is 0 Å². The number of nitro groups is 1. The predicted octanol–water partition coefficient (Wildman–Crippen LogP) is 2.36. The molecule has 8 nitrogen and oxygen atoms in total. The smallest absolute Gasteiger partial charge is 0.305 e. The fourth-order valence-corrected chi connectivity index (χ4v) is 4.77. The zero-order valence-electron chi connectivity index (χ0n) is 13.6. The molecule has 0 aliphatic carbocycles. The first-order chi connectivity index (χ1) is 12.3. The Morgan fingerprint density at radius 2 is 1.85 bits per heavy atom. The summed E-state index contributed by atoms with van der Waals surface area (Å²) in [5.74, 6) is -1.10. The lowest BCUT2D eigenvalue weighted by Gasteiger charge is -2.35. The molecule has 1 atom stereocenters. The van der Waals surface area contributed by atoms with Gasteiger partial charge >= 0.3 is 5.97 Å². The van der Waals surface area contributed by atoms with E-state index in [1.54, 1.807) is 12.1 Å². The maximum atomic E-state index is 13.0. The number of carboxylic acids is 1. The van der Waals surface area contributed by atoms with Crippen molar-refractivity contribution in [1.29, 1.82) is 0 Å². The van der Waals surface area contributed by atoms with Gasteiger partial charge < -0.3 is 5.11 Å². The van der Waals surface area contributed by atoms with Crippen LogP contribution < -0.4 is 0 Å². The van der Waals surface area contributed by atoms with Crippen molar-refractivity contribution in [2.24, 2.45) is 0 Å². The third-order valence-corrected chi connectivity index (χ3v) is 6.31. The van der Waals surface area contributed by atoms with Crippen LogP contribution in [0.5, 0.6) is 0 Å². The minimum Gasteiger partial charge on any atom is -0.481 e. The number of aliphatic carboxylic acids is 1. The molecule has 1 unspecified atom stereocenters. The number of nitro benzene ring substituents is 1. The minimum absolute atomic E-state index is 0.0992. The summed E-state index contributed by atoms with van der Waals surface area (Å²) >= 11 is 0. The topological polar surface area (TPSA) is 118 Å². The van der Waals surface area contributed by atoms with Crippen LogP contribution in [0.25, 0.3) is 0 Å². The van der Waals surface area contributed by atoms with Gasteiger partial charge in [0.25, 0.3) is 5.69 Å². The van der Waals surface area contributed by atoms with Crippen molar-refractivity contribution in [3.8, 4) is 0 Å². The van der Waals surface area contributed by atoms with Crippen molar-refractivity contribution < 1.29 is 23.2 Å². The molecule has 0 aromatic heterocycles. The fraction of sp³-hybridized carbons (Fsp3) is 0.235. The first-order valence-corrected chi connectivity index (χ1v) is 9.30. The number of rotatable bonds is 5. The predicted molar refractivity (Wildman–Crippen MR) is 92.1 cm³/mol. The van der Waals surface area contributed by atoms with Crippen LogP contribution in [0, 0.1) is 10.1 Å². The molecule has 0 fully saturated rings. The summed E-state index contributed by atoms with van der Waals surface area (Å²) in [6.45, 7) is 0.147. The quantitative estimate of drug-likeness (QED) is 0.632. The van der Waals surface area contributed by atoms with Crippen LogP contribution in [-0.2, 0) is 21.2 Å². The Morgan fingerprint density at radius 3 is 2.46 bits per heavy atom. The lowest BCUT2D eigenvalue weighted by molar-refractivity contribution is -0.384. The van der Waals surface area contributed by atoms with Gasteiger partial charge in [-0.2, -0.15) is 4.31 Å². The third-order valence-electron chi connectivity index (χ3n) is 4.39. The van der Waals surface area contributed by atoms with Crippen molar-refractivity contribution in [2.45, 2.75) is 23.8 Å². The number of fused-ring (bicyclic) bond motifs is 1. The van der Waals surface area contributed by atoms with E-state index < -0.39 is 27.0 Å². The lowest BCUT2D eigenvalue weighted by atomic mass is 9.92. The van der Waals surface area contributed by atoms with Crippen LogP contribution >= 0.6 is 0 Å². The molecule has 0 amide bonds. The van der Waals surface area contributed by atoms with Crippen LogP contribution in [0.4, 0.5) is 5.69 Å². The average molecular weight is 376 g/mol. The summed E-state index contributed by atoms with van der Waals surface area (Å²) in [5, 5.41) is 20.0. The maximum absolute atomic E-state index is 13.0. The summed E-state index contributed by atoms with van der Waals surface area (Å²) < 4.78 is 27.2. The zero-order valence-corrected chi connectivity index (χ0v) is 14.4. The minimum atomic E-state index is -3.99. The molecule has 0 saturated carbocycles. The van der Waals surface area contributed by atoms with E-state index in [0.717, 1.165) is 17.7 Å². The largest absolute Gasteiger partial charge is 0.481 e. The number of sulfonamides is 1. The van der Waals surface area contributed by atoms with Gasteiger partial charge in [0.2, 0.25) is 10.0 Å². The number of benzene rings is 2. The van der Waals surface area contributed by atoms with Crippen molar-refractivity contribution in [3.63, 3.8) is 0 Å². The molecule has 1 heterocycles. The van der Waals surface area contributed by atoms with E-state index in [-0.39, 0.29) is 23.5 Å². The van der Waals surface area contributed by atoms with Gasteiger partial charge in [-0.3, -0.25) is 14.9 Å². The van der Waals surface area contributed by atoms with E-state index in [1.807, 2.05) is 12.1 Å². The maximum Gasteiger partial charge on any atom is 0.305 e. The Morgan fingerprint density at radius 1 is 1.19 bits per heavy atom. The molecule has 0 radical (unpaired) electrons. The summed E-state index contributed by atoms with van der Waals surface area (Å²) in [4.78, 5) is 21.4. The molecule has 1 N–H and O–H groups in total. The monoisotopic (exact) mass is 376 g/mol. The SMILES string of the molecule is O=C(O)CC1c2ccccc2CCN1S(=O)(=O)c1ccc([N+](=O)[O-])cc1. The second-order valence-corrected chi connectivity index (χ2v) is 7.82. The molecule has 2 aromatic carbocycles. The molecule has 0 spiro atoms. The molecule has 2 aromatic rings. The molecular formula is C17H16N2O6S. The Balaban J connectivity index is 2.02. The van der Waals surface area contributed by atoms with E-state index in [9.17, 15) is 28.4 Å². The van der Waals surface area contributed by atoms with Gasteiger partial charge in [0.1, 0.15) is 0 Å². The van der Waals surface area contributed by atoms with Gasteiger partial charge in [-0.05, 0) is 29.7 Å². The van der Waals surface area contributed by atoms with Crippen LogP contribution in [0.3, 0.4) is 0 Å². The molecular weight excluding hydrogens is 360 g/mol. The van der Waals surface area contributed by atoms with Gasteiger partial charge in [-0.25, -0.2) is 8.42 Å². The first kappa shape index (κ1) is 18.0. The number of non-ortho nitro benzene ring substituents is 1. The number of hydrogen-bond acceptors (Lipinski definition) is 5. The molecule has 1 aliphatic heterocycles. The second-order valence-electron chi connectivity index (χ2n) is 5.93. The summed E-state index contributed by atoms with van der Waals surface area (Å²) in [5.41, 5.74) is 1.38. The number of carbonyl (C=O) groups is 1. The molecule has 0 bridgehead atoms. The van der Waals surface area contributed by atoms with Gasteiger partial charge in [0, 0.05) is 18.7 Å². The first-order valence-electron chi connectivity index (χ1n) is 7.86. The highest BCUT2D eigenvalue weighted by Crippen LogP contribution is 2.36. The molecule has 136 valence electrons. The molecule has 9 heteroatoms. The summed E-state index contributed by atoms with van der Waals surface area (Å²) in [6.07, 6.45) is 0.113. The Hall–Kier alpha value is -2.78. The summed E-state index contributed by atoms with van der Waals surface area (Å²) in [7, 11) is -3.99. The standard InChI is InChI=1S/C17H16N2O6S/c20-17(21)11-16-15-4-2-1-3-12(15)9-10-18(16)26(24,25)14-7-5-13(6-8-14)19(22)23/h1-8,16H,9-11H2,(H,20,21).